The molecule has 2 rings (SSSR count). The van der Waals surface area contributed by atoms with Crippen LogP contribution in [0.15, 0.2) is 22.5 Å². The molecule has 1 fully saturated rings. The minimum atomic E-state index is 0.586. The highest BCUT2D eigenvalue weighted by molar-refractivity contribution is 7.09. The first-order valence-electron chi connectivity index (χ1n) is 8.52. The van der Waals surface area contributed by atoms with E-state index in [-0.39, 0.29) is 0 Å². The highest BCUT2D eigenvalue weighted by Gasteiger charge is 2.14. The summed E-state index contributed by atoms with van der Waals surface area (Å²) in [6, 6.07) is 4.24. The van der Waals surface area contributed by atoms with Gasteiger partial charge in [0.1, 0.15) is 0 Å². The average Bonchev–Trinajstić information content (AvgIpc) is 3.02. The molecule has 1 aromatic heterocycles. The van der Waals surface area contributed by atoms with Gasteiger partial charge >= 0.3 is 0 Å². The first-order valence-corrected chi connectivity index (χ1v) is 9.40. The van der Waals surface area contributed by atoms with Crippen molar-refractivity contribution >= 4 is 17.3 Å². The summed E-state index contributed by atoms with van der Waals surface area (Å²) in [7, 11) is 0. The van der Waals surface area contributed by atoms with Crippen LogP contribution >= 0.6 is 11.3 Å². The average molecular weight is 323 g/mol. The molecule has 1 aliphatic heterocycles. The van der Waals surface area contributed by atoms with Crippen molar-refractivity contribution in [2.24, 2.45) is 16.6 Å². The highest BCUT2D eigenvalue weighted by atomic mass is 32.1. The van der Waals surface area contributed by atoms with Gasteiger partial charge in [-0.15, -0.1) is 11.3 Å². The Labute approximate surface area is 138 Å². The highest BCUT2D eigenvalue weighted by Crippen LogP contribution is 2.16. The normalized spacial score (nSPS) is 17.8. The molecule has 0 atom stereocenters. The molecule has 1 aromatic rings. The van der Waals surface area contributed by atoms with Crippen LogP contribution in [0.2, 0.25) is 0 Å². The molecule has 0 radical (unpaired) electrons. The maximum atomic E-state index is 5.89. The lowest BCUT2D eigenvalue weighted by Gasteiger charge is -2.30. The van der Waals surface area contributed by atoms with E-state index in [0.29, 0.717) is 5.96 Å². The van der Waals surface area contributed by atoms with Gasteiger partial charge < -0.3 is 16.0 Å². The molecule has 0 unspecified atom stereocenters. The van der Waals surface area contributed by atoms with Gasteiger partial charge in [-0.3, -0.25) is 4.99 Å². The Kier molecular flexibility index (Phi) is 7.74. The van der Waals surface area contributed by atoms with E-state index in [9.17, 15) is 0 Å². The number of nitrogens with one attached hydrogen (secondary N) is 1. The lowest BCUT2D eigenvalue weighted by molar-refractivity contribution is 0.190. The maximum Gasteiger partial charge on any atom is 0.188 e. The quantitative estimate of drug-likeness (QED) is 0.439. The van der Waals surface area contributed by atoms with Crippen molar-refractivity contribution in [3.8, 4) is 0 Å². The summed E-state index contributed by atoms with van der Waals surface area (Å²) in [5, 5.41) is 5.30. The Balaban J connectivity index is 1.48. The Bertz CT molecular complexity index is 422. The molecule has 0 bridgehead atoms. The van der Waals surface area contributed by atoms with E-state index in [2.05, 4.69) is 39.6 Å². The Morgan fingerprint density at radius 1 is 1.41 bits per heavy atom. The van der Waals surface area contributed by atoms with Crippen LogP contribution in [0.25, 0.3) is 0 Å². The monoisotopic (exact) mass is 322 g/mol. The molecular weight excluding hydrogens is 292 g/mol. The minimum absolute atomic E-state index is 0.586. The summed E-state index contributed by atoms with van der Waals surface area (Å²) >= 11 is 1.79. The van der Waals surface area contributed by atoms with Crippen molar-refractivity contribution in [2.45, 2.75) is 39.0 Å². The predicted octanol–water partition coefficient (Wildman–Crippen LogP) is 2.71. The van der Waals surface area contributed by atoms with Crippen LogP contribution in [0.5, 0.6) is 0 Å². The molecule has 1 saturated heterocycles. The Morgan fingerprint density at radius 2 is 2.23 bits per heavy atom. The van der Waals surface area contributed by atoms with Gasteiger partial charge in [0, 0.05) is 18.0 Å². The molecule has 4 nitrogen and oxygen atoms in total. The second-order valence-corrected chi connectivity index (χ2v) is 7.29. The van der Waals surface area contributed by atoms with E-state index in [4.69, 9.17) is 5.73 Å². The number of hydrogen-bond acceptors (Lipinski definition) is 3. The van der Waals surface area contributed by atoms with Crippen LogP contribution in [0, 0.1) is 5.92 Å². The van der Waals surface area contributed by atoms with Crippen molar-refractivity contribution in [2.75, 3.05) is 32.7 Å². The fraction of sp³-hybridized carbons (Fsp3) is 0.706. The zero-order chi connectivity index (χ0) is 15.6. The number of thiophene rings is 1. The van der Waals surface area contributed by atoms with Gasteiger partial charge in [-0.2, -0.15) is 0 Å². The van der Waals surface area contributed by atoms with E-state index < -0.39 is 0 Å². The SMILES string of the molecule is CC1CCN(CCCCN=C(N)NCCc2cccs2)CC1. The predicted molar refractivity (Wildman–Crippen MR) is 96.6 cm³/mol. The van der Waals surface area contributed by atoms with Crippen LogP contribution in [0.1, 0.15) is 37.5 Å². The van der Waals surface area contributed by atoms with Gasteiger partial charge in [0.25, 0.3) is 0 Å². The van der Waals surface area contributed by atoms with E-state index in [1.165, 1.54) is 43.8 Å². The van der Waals surface area contributed by atoms with Gasteiger partial charge in [-0.25, -0.2) is 0 Å². The molecule has 2 heterocycles. The van der Waals surface area contributed by atoms with E-state index in [1.807, 2.05) is 0 Å². The van der Waals surface area contributed by atoms with Gasteiger partial charge in [-0.1, -0.05) is 13.0 Å². The number of unbranched alkanes of at least 4 members (excludes halogenated alkanes) is 1. The summed E-state index contributed by atoms with van der Waals surface area (Å²) in [6.45, 7) is 7.83. The molecule has 0 saturated carbocycles. The van der Waals surface area contributed by atoms with Crippen LogP contribution in [-0.4, -0.2) is 43.6 Å². The molecule has 1 aliphatic rings. The fourth-order valence-electron chi connectivity index (χ4n) is 2.76. The van der Waals surface area contributed by atoms with Crippen molar-refractivity contribution < 1.29 is 0 Å². The first kappa shape index (κ1) is 17.3. The first-order chi connectivity index (χ1) is 10.7. The third-order valence-corrected chi connectivity index (χ3v) is 5.23. The number of likely N-dealkylation sites (tertiary alicyclic amines) is 1. The third kappa shape index (κ3) is 6.79. The van der Waals surface area contributed by atoms with Crippen LogP contribution in [0.4, 0.5) is 0 Å². The van der Waals surface area contributed by atoms with Crippen LogP contribution in [0.3, 0.4) is 0 Å². The second kappa shape index (κ2) is 9.85. The van der Waals surface area contributed by atoms with Crippen molar-refractivity contribution in [3.63, 3.8) is 0 Å². The van der Waals surface area contributed by atoms with E-state index in [0.717, 1.165) is 31.8 Å². The third-order valence-electron chi connectivity index (χ3n) is 4.30. The van der Waals surface area contributed by atoms with Gasteiger partial charge in [0.2, 0.25) is 0 Å². The van der Waals surface area contributed by atoms with Crippen molar-refractivity contribution in [1.82, 2.24) is 10.2 Å². The summed E-state index contributed by atoms with van der Waals surface area (Å²) in [6.07, 6.45) is 6.08. The summed E-state index contributed by atoms with van der Waals surface area (Å²) in [5.74, 6) is 1.50. The van der Waals surface area contributed by atoms with Crippen LogP contribution < -0.4 is 11.1 Å². The number of guanidine groups is 1. The molecule has 0 aliphatic carbocycles. The minimum Gasteiger partial charge on any atom is -0.370 e. The molecule has 0 aromatic carbocycles. The number of piperidine rings is 1. The fourth-order valence-corrected chi connectivity index (χ4v) is 3.47. The van der Waals surface area contributed by atoms with Gasteiger partial charge in [0.15, 0.2) is 5.96 Å². The van der Waals surface area contributed by atoms with E-state index >= 15 is 0 Å². The summed E-state index contributed by atoms with van der Waals surface area (Å²) < 4.78 is 0. The lowest BCUT2D eigenvalue weighted by Crippen LogP contribution is -2.34. The second-order valence-electron chi connectivity index (χ2n) is 6.25. The largest absolute Gasteiger partial charge is 0.370 e. The number of hydrogen-bond donors (Lipinski definition) is 2. The molecule has 0 amide bonds. The maximum absolute atomic E-state index is 5.89. The van der Waals surface area contributed by atoms with Crippen molar-refractivity contribution in [1.29, 1.82) is 0 Å². The van der Waals surface area contributed by atoms with Crippen molar-refractivity contribution in [3.05, 3.63) is 22.4 Å². The summed E-state index contributed by atoms with van der Waals surface area (Å²) in [4.78, 5) is 8.38. The Hall–Kier alpha value is -1.07. The topological polar surface area (TPSA) is 53.6 Å². The molecule has 0 spiro atoms. The standard InChI is InChI=1S/C17H30N4S/c1-15-7-12-21(13-8-15)11-3-2-9-19-17(18)20-10-6-16-5-4-14-22-16/h4-5,14-15H,2-3,6-13H2,1H3,(H3,18,19,20). The molecule has 3 N–H and O–H groups in total. The number of nitrogens with two attached hydrogens (primary N) is 1. The lowest BCUT2D eigenvalue weighted by atomic mass is 9.99. The summed E-state index contributed by atoms with van der Waals surface area (Å²) in [5.41, 5.74) is 5.89. The van der Waals surface area contributed by atoms with Gasteiger partial charge in [-0.05, 0) is 69.1 Å². The number of aliphatic imine (C=N–C) groups is 1. The molecular formula is C17H30N4S. The van der Waals surface area contributed by atoms with E-state index in [1.54, 1.807) is 11.3 Å². The molecule has 5 heteroatoms. The zero-order valence-electron chi connectivity index (χ0n) is 13.8. The number of nitrogens with zero attached hydrogens (tertiary/aromatic N) is 2. The van der Waals surface area contributed by atoms with Crippen LogP contribution in [-0.2, 0) is 6.42 Å². The smallest absolute Gasteiger partial charge is 0.188 e. The molecule has 22 heavy (non-hydrogen) atoms. The molecule has 124 valence electrons. The Morgan fingerprint density at radius 3 is 2.95 bits per heavy atom. The van der Waals surface area contributed by atoms with Gasteiger partial charge in [0.05, 0.1) is 0 Å². The zero-order valence-corrected chi connectivity index (χ0v) is 14.6. The number of rotatable bonds is 8.